The molecule has 3 aromatic rings. The van der Waals surface area contributed by atoms with Gasteiger partial charge >= 0.3 is 0 Å². The highest BCUT2D eigenvalue weighted by atomic mass is 16.3. The predicted molar refractivity (Wildman–Crippen MR) is 98.8 cm³/mol. The van der Waals surface area contributed by atoms with Crippen molar-refractivity contribution in [2.45, 2.75) is 32.8 Å². The fraction of sp³-hybridized carbons (Fsp3) is 0.381. The van der Waals surface area contributed by atoms with Gasteiger partial charge in [0, 0.05) is 29.4 Å². The van der Waals surface area contributed by atoms with Crippen LogP contribution in [0.4, 0.5) is 0 Å². The summed E-state index contributed by atoms with van der Waals surface area (Å²) >= 11 is 0. The summed E-state index contributed by atoms with van der Waals surface area (Å²) in [5.74, 6) is 0.688. The number of carbonyl (C=O) groups excluding carboxylic acids is 1. The van der Waals surface area contributed by atoms with Crippen LogP contribution >= 0.6 is 0 Å². The first-order valence-corrected chi connectivity index (χ1v) is 8.94. The minimum absolute atomic E-state index is 0.0400. The molecule has 4 rings (SSSR count). The molecule has 0 bridgehead atoms. The molecule has 0 radical (unpaired) electrons. The molecule has 1 aromatic heterocycles. The average molecular weight is 337 g/mol. The Hall–Kier alpha value is -2.33. The molecule has 2 heterocycles. The molecule has 4 nitrogen and oxygen atoms in total. The first kappa shape index (κ1) is 16.2. The van der Waals surface area contributed by atoms with Crippen LogP contribution in [0, 0.1) is 12.8 Å². The molecule has 2 aromatic carbocycles. The second-order valence-electron chi connectivity index (χ2n) is 7.09. The van der Waals surface area contributed by atoms with Gasteiger partial charge in [-0.15, -0.1) is 0 Å². The van der Waals surface area contributed by atoms with Gasteiger partial charge in [-0.3, -0.25) is 4.79 Å². The van der Waals surface area contributed by atoms with Crippen LogP contribution in [0.15, 0.2) is 40.8 Å². The number of likely N-dealkylation sites (tertiary alicyclic amines) is 1. The Labute approximate surface area is 147 Å². The lowest BCUT2D eigenvalue weighted by Gasteiger charge is -2.32. The first-order chi connectivity index (χ1) is 12.1. The fourth-order valence-corrected chi connectivity index (χ4v) is 3.88. The van der Waals surface area contributed by atoms with Crippen LogP contribution in [0.1, 0.15) is 35.9 Å². The number of rotatable bonds is 2. The number of aliphatic hydroxyl groups is 1. The summed E-state index contributed by atoms with van der Waals surface area (Å²) in [6.45, 7) is 5.13. The number of aliphatic hydroxyl groups excluding tert-OH is 1. The van der Waals surface area contributed by atoms with Crippen LogP contribution < -0.4 is 0 Å². The molecular weight excluding hydrogens is 314 g/mol. The number of benzene rings is 2. The van der Waals surface area contributed by atoms with E-state index in [9.17, 15) is 9.90 Å². The Morgan fingerprint density at radius 2 is 1.88 bits per heavy atom. The summed E-state index contributed by atoms with van der Waals surface area (Å²) < 4.78 is 6.06. The summed E-state index contributed by atoms with van der Waals surface area (Å²) in [6.07, 6.45) is 1.37. The highest BCUT2D eigenvalue weighted by molar-refractivity contribution is 6.08. The summed E-state index contributed by atoms with van der Waals surface area (Å²) in [7, 11) is 0. The van der Waals surface area contributed by atoms with Crippen molar-refractivity contribution in [1.29, 1.82) is 0 Å². The van der Waals surface area contributed by atoms with E-state index in [0.717, 1.165) is 40.1 Å². The van der Waals surface area contributed by atoms with E-state index in [4.69, 9.17) is 4.42 Å². The molecule has 1 amide bonds. The zero-order valence-electron chi connectivity index (χ0n) is 14.7. The van der Waals surface area contributed by atoms with Gasteiger partial charge in [-0.05, 0) is 38.0 Å². The quantitative estimate of drug-likeness (QED) is 0.765. The molecule has 1 saturated heterocycles. The molecule has 1 N–H and O–H groups in total. The van der Waals surface area contributed by atoms with Gasteiger partial charge in [-0.2, -0.15) is 0 Å². The van der Waals surface area contributed by atoms with Crippen LogP contribution in [-0.4, -0.2) is 35.1 Å². The molecule has 4 heteroatoms. The van der Waals surface area contributed by atoms with Crippen molar-refractivity contribution in [2.75, 3.05) is 13.1 Å². The summed E-state index contributed by atoms with van der Waals surface area (Å²) in [6, 6.07) is 12.2. The topological polar surface area (TPSA) is 53.7 Å². The van der Waals surface area contributed by atoms with Gasteiger partial charge in [0.2, 0.25) is 0 Å². The third-order valence-electron chi connectivity index (χ3n) is 5.53. The van der Waals surface area contributed by atoms with Crippen molar-refractivity contribution in [3.63, 3.8) is 0 Å². The molecular formula is C21H23NO3. The van der Waals surface area contributed by atoms with Crippen LogP contribution in [0.3, 0.4) is 0 Å². The standard InChI is InChI=1S/C21H23NO3/c1-13-17-8-7-16-5-3-4-6-18(16)20(17)25-19(13)21(24)22-11-9-15(10-12-22)14(2)23/h3-8,14-15,23H,9-12H2,1-2H3. The van der Waals surface area contributed by atoms with Gasteiger partial charge in [0.05, 0.1) is 6.10 Å². The number of fused-ring (bicyclic) bond motifs is 3. The minimum atomic E-state index is -0.309. The smallest absolute Gasteiger partial charge is 0.289 e. The van der Waals surface area contributed by atoms with Crippen LogP contribution in [0.5, 0.6) is 0 Å². The zero-order valence-corrected chi connectivity index (χ0v) is 14.7. The molecule has 1 unspecified atom stereocenters. The monoisotopic (exact) mass is 337 g/mol. The van der Waals surface area contributed by atoms with E-state index in [-0.39, 0.29) is 17.9 Å². The van der Waals surface area contributed by atoms with Gasteiger partial charge in [-0.1, -0.05) is 36.4 Å². The average Bonchev–Trinajstić information content (AvgIpc) is 2.98. The molecule has 1 atom stereocenters. The number of piperidine rings is 1. The molecule has 0 saturated carbocycles. The predicted octanol–water partition coefficient (Wildman–Crippen LogP) is 4.13. The Kier molecular flexibility index (Phi) is 4.00. The lowest BCUT2D eigenvalue weighted by Crippen LogP contribution is -2.40. The number of hydrogen-bond donors (Lipinski definition) is 1. The summed E-state index contributed by atoms with van der Waals surface area (Å²) in [5, 5.41) is 12.9. The maximum Gasteiger partial charge on any atom is 0.289 e. The first-order valence-electron chi connectivity index (χ1n) is 8.94. The number of carbonyl (C=O) groups is 1. The van der Waals surface area contributed by atoms with E-state index in [1.807, 2.05) is 43.0 Å². The van der Waals surface area contributed by atoms with E-state index in [1.165, 1.54) is 0 Å². The van der Waals surface area contributed by atoms with E-state index < -0.39 is 0 Å². The Morgan fingerprint density at radius 3 is 2.60 bits per heavy atom. The maximum absolute atomic E-state index is 13.0. The second kappa shape index (κ2) is 6.19. The zero-order chi connectivity index (χ0) is 17.6. The summed E-state index contributed by atoms with van der Waals surface area (Å²) in [5.41, 5.74) is 1.70. The fourth-order valence-electron chi connectivity index (χ4n) is 3.88. The van der Waals surface area contributed by atoms with Gasteiger partial charge < -0.3 is 14.4 Å². The van der Waals surface area contributed by atoms with Crippen molar-refractivity contribution < 1.29 is 14.3 Å². The molecule has 1 aliphatic rings. The van der Waals surface area contributed by atoms with E-state index in [1.54, 1.807) is 0 Å². The van der Waals surface area contributed by atoms with Gasteiger partial charge in [0.1, 0.15) is 5.58 Å². The number of hydrogen-bond acceptors (Lipinski definition) is 3. The third kappa shape index (κ3) is 2.71. The Bertz CT molecular complexity index is 933. The lowest BCUT2D eigenvalue weighted by molar-refractivity contribution is 0.0499. The second-order valence-corrected chi connectivity index (χ2v) is 7.09. The molecule has 0 aliphatic carbocycles. The largest absolute Gasteiger partial charge is 0.450 e. The van der Waals surface area contributed by atoms with Crippen LogP contribution in [0.2, 0.25) is 0 Å². The van der Waals surface area contributed by atoms with Crippen LogP contribution in [-0.2, 0) is 0 Å². The van der Waals surface area contributed by atoms with Crippen molar-refractivity contribution in [1.82, 2.24) is 4.90 Å². The number of aryl methyl sites for hydroxylation is 1. The number of amides is 1. The molecule has 1 aliphatic heterocycles. The molecule has 25 heavy (non-hydrogen) atoms. The lowest BCUT2D eigenvalue weighted by atomic mass is 9.92. The van der Waals surface area contributed by atoms with Gasteiger partial charge in [0.15, 0.2) is 5.76 Å². The van der Waals surface area contributed by atoms with Crippen LogP contribution in [0.25, 0.3) is 21.7 Å². The van der Waals surface area contributed by atoms with E-state index in [2.05, 4.69) is 12.1 Å². The maximum atomic E-state index is 13.0. The Morgan fingerprint density at radius 1 is 1.16 bits per heavy atom. The highest BCUT2D eigenvalue weighted by Crippen LogP contribution is 2.33. The van der Waals surface area contributed by atoms with Crippen molar-refractivity contribution >= 4 is 27.6 Å². The molecule has 1 fully saturated rings. The van der Waals surface area contributed by atoms with Crippen molar-refractivity contribution in [2.24, 2.45) is 5.92 Å². The van der Waals surface area contributed by atoms with E-state index in [0.29, 0.717) is 18.8 Å². The SMILES string of the molecule is Cc1c(C(=O)N2CCC(C(C)O)CC2)oc2c1ccc1ccccc12. The minimum Gasteiger partial charge on any atom is -0.450 e. The highest BCUT2D eigenvalue weighted by Gasteiger charge is 2.29. The van der Waals surface area contributed by atoms with Crippen molar-refractivity contribution in [3.05, 3.63) is 47.7 Å². The van der Waals surface area contributed by atoms with E-state index >= 15 is 0 Å². The molecule has 0 spiro atoms. The van der Waals surface area contributed by atoms with Crippen molar-refractivity contribution in [3.8, 4) is 0 Å². The normalized spacial score (nSPS) is 17.3. The van der Waals surface area contributed by atoms with Gasteiger partial charge in [-0.25, -0.2) is 0 Å². The molecule has 130 valence electrons. The van der Waals surface area contributed by atoms with Gasteiger partial charge in [0.25, 0.3) is 5.91 Å². The number of nitrogens with zero attached hydrogens (tertiary/aromatic N) is 1. The number of furan rings is 1. The third-order valence-corrected chi connectivity index (χ3v) is 5.53. The Balaban J connectivity index is 1.68. The summed E-state index contributed by atoms with van der Waals surface area (Å²) in [4.78, 5) is 14.8.